The molecule has 0 saturated carbocycles. The van der Waals surface area contributed by atoms with Crippen LogP contribution < -0.4 is 11.3 Å². The predicted octanol–water partition coefficient (Wildman–Crippen LogP) is 4.73. The van der Waals surface area contributed by atoms with E-state index < -0.39 is 16.1 Å². The van der Waals surface area contributed by atoms with E-state index >= 15 is 0 Å². The first-order valence-corrected chi connectivity index (χ1v) is 13.0. The minimum absolute atomic E-state index is 0. The van der Waals surface area contributed by atoms with Crippen molar-refractivity contribution in [2.75, 3.05) is 6.54 Å². The lowest BCUT2D eigenvalue weighted by Crippen LogP contribution is -2.45. The quantitative estimate of drug-likeness (QED) is 0.376. The number of hydrogen-bond acceptors (Lipinski definition) is 5. The molecule has 0 fully saturated rings. The maximum Gasteiger partial charge on any atom is 0.265 e. The molecule has 0 bridgehead atoms. The van der Waals surface area contributed by atoms with E-state index in [9.17, 15) is 18.3 Å². The first kappa shape index (κ1) is 27.6. The minimum Gasteiger partial charge on any atom is -0.529 e. The van der Waals surface area contributed by atoms with Crippen molar-refractivity contribution >= 4 is 16.1 Å². The third-order valence-electron chi connectivity index (χ3n) is 6.20. The molecule has 0 aliphatic heterocycles. The van der Waals surface area contributed by atoms with Crippen LogP contribution in [0.15, 0.2) is 77.7 Å². The second-order valence-corrected chi connectivity index (χ2v) is 10.8. The van der Waals surface area contributed by atoms with Crippen molar-refractivity contribution < 1.29 is 18.3 Å². The molecular weight excluding hydrogens is 488 g/mol. The summed E-state index contributed by atoms with van der Waals surface area (Å²) in [5.41, 5.74) is 7.86. The highest BCUT2D eigenvalue weighted by atomic mass is 32.2. The molecule has 3 aromatic carbocycles. The van der Waals surface area contributed by atoms with Crippen molar-refractivity contribution in [1.29, 1.82) is 0 Å². The second kappa shape index (κ2) is 11.0. The van der Waals surface area contributed by atoms with Crippen LogP contribution in [0.4, 0.5) is 4.79 Å². The van der Waals surface area contributed by atoms with Crippen LogP contribution in [0.1, 0.15) is 28.1 Å². The van der Waals surface area contributed by atoms with E-state index in [1.807, 2.05) is 55.8 Å². The van der Waals surface area contributed by atoms with E-state index in [0.717, 1.165) is 39.3 Å². The third kappa shape index (κ3) is 5.73. The van der Waals surface area contributed by atoms with Crippen LogP contribution in [0.25, 0.3) is 16.8 Å². The Morgan fingerprint density at radius 2 is 1.57 bits per heavy atom. The number of hydrogen-bond donors (Lipinski definition) is 1. The average molecular weight is 521 g/mol. The molecule has 0 radical (unpaired) electrons. The van der Waals surface area contributed by atoms with E-state index in [1.54, 1.807) is 12.1 Å². The Labute approximate surface area is 217 Å². The molecule has 9 heteroatoms. The smallest absolute Gasteiger partial charge is 0.265 e. The predicted molar refractivity (Wildman–Crippen MR) is 143 cm³/mol. The lowest BCUT2D eigenvalue weighted by atomic mass is 10.0. The Bertz CT molecular complexity index is 1510. The summed E-state index contributed by atoms with van der Waals surface area (Å²) in [4.78, 5) is 11.6. The Hall–Kier alpha value is -3.95. The van der Waals surface area contributed by atoms with Crippen molar-refractivity contribution in [3.8, 4) is 16.8 Å². The van der Waals surface area contributed by atoms with Gasteiger partial charge in [-0.15, -0.1) is 0 Å². The molecule has 4 N–H and O–H groups in total. The van der Waals surface area contributed by atoms with Crippen LogP contribution in [-0.4, -0.2) is 35.1 Å². The first-order valence-electron chi connectivity index (χ1n) is 11.6. The van der Waals surface area contributed by atoms with Crippen LogP contribution in [0, 0.1) is 27.7 Å². The Kier molecular flexibility index (Phi) is 8.20. The molecule has 8 nitrogen and oxygen atoms in total. The van der Waals surface area contributed by atoms with Crippen LogP contribution in [0.3, 0.4) is 0 Å². The maximum atomic E-state index is 12.8. The number of quaternary nitrogens is 1. The zero-order chi connectivity index (χ0) is 26.0. The lowest BCUT2D eigenvalue weighted by molar-refractivity contribution is -0.259. The minimum atomic E-state index is -4.22. The largest absolute Gasteiger partial charge is 0.529 e. The second-order valence-electron chi connectivity index (χ2n) is 8.90. The van der Waals surface area contributed by atoms with Gasteiger partial charge in [0.25, 0.3) is 10.0 Å². The van der Waals surface area contributed by atoms with Crippen LogP contribution in [-0.2, 0) is 16.4 Å². The number of benzene rings is 3. The highest BCUT2D eigenvalue weighted by Crippen LogP contribution is 2.29. The van der Waals surface area contributed by atoms with Gasteiger partial charge in [0.2, 0.25) is 0 Å². The fourth-order valence-electron chi connectivity index (χ4n) is 4.29. The van der Waals surface area contributed by atoms with Gasteiger partial charge in [-0.1, -0.05) is 59.7 Å². The van der Waals surface area contributed by atoms with E-state index in [4.69, 9.17) is 5.10 Å². The van der Waals surface area contributed by atoms with Gasteiger partial charge in [-0.25, -0.2) is 13.1 Å². The molecule has 0 spiro atoms. The molecule has 0 saturated heterocycles. The van der Waals surface area contributed by atoms with Gasteiger partial charge < -0.3 is 16.1 Å². The number of aryl methyl sites for hydroxylation is 3. The van der Waals surface area contributed by atoms with Crippen LogP contribution >= 0.6 is 0 Å². The normalized spacial score (nSPS) is 11.1. The number of carbonyl (C=O) groups is 1. The molecule has 4 aromatic rings. The standard InChI is InChI=1S/C28H29N3O4S.H3N/c1-19-8-14-26(15-9-19)36(34,35)30(28(32)33)17-16-23-10-12-25(13-11-23)31-22(4)27(21(3)29-31)24-7-5-6-20(2)18-24;/h5-15,18H,16-17H2,1-4H3,(H,32,33);1H3. The zero-order valence-corrected chi connectivity index (χ0v) is 22.5. The molecule has 0 unspecified atom stereocenters. The molecule has 1 aromatic heterocycles. The van der Waals surface area contributed by atoms with Gasteiger partial charge in [0, 0.05) is 17.8 Å². The highest BCUT2D eigenvalue weighted by molar-refractivity contribution is 7.89. The number of carboxylic acid groups (broad SMARTS) is 1. The summed E-state index contributed by atoms with van der Waals surface area (Å²) in [5.74, 6) is 0. The molecule has 1 heterocycles. The van der Waals surface area contributed by atoms with Gasteiger partial charge >= 0.3 is 0 Å². The molecule has 37 heavy (non-hydrogen) atoms. The Balaban J connectivity index is 0.00000380. The van der Waals surface area contributed by atoms with Gasteiger partial charge in [0.05, 0.1) is 16.3 Å². The number of nitrogens with zero attached hydrogens (tertiary/aromatic N) is 3. The van der Waals surface area contributed by atoms with Gasteiger partial charge in [0.15, 0.2) is 6.09 Å². The summed E-state index contributed by atoms with van der Waals surface area (Å²) in [7, 11) is -4.22. The maximum absolute atomic E-state index is 12.8. The van der Waals surface area contributed by atoms with Crippen molar-refractivity contribution in [1.82, 2.24) is 20.2 Å². The summed E-state index contributed by atoms with van der Waals surface area (Å²) in [6, 6.07) is 21.8. The highest BCUT2D eigenvalue weighted by Gasteiger charge is 2.24. The topological polar surface area (TPSA) is 132 Å². The van der Waals surface area contributed by atoms with E-state index in [2.05, 4.69) is 25.1 Å². The molecule has 0 aliphatic rings. The van der Waals surface area contributed by atoms with Crippen molar-refractivity contribution in [2.45, 2.75) is 39.0 Å². The van der Waals surface area contributed by atoms with E-state index in [1.165, 1.54) is 17.7 Å². The average Bonchev–Trinajstić information content (AvgIpc) is 3.13. The molecule has 194 valence electrons. The number of aromatic nitrogens is 2. The van der Waals surface area contributed by atoms with Gasteiger partial charge in [-0.3, -0.25) is 4.31 Å². The molecule has 4 rings (SSSR count). The summed E-state index contributed by atoms with van der Waals surface area (Å²) < 4.78 is 28.0. The van der Waals surface area contributed by atoms with Crippen LogP contribution in [0.5, 0.6) is 0 Å². The van der Waals surface area contributed by atoms with Crippen molar-refractivity contribution in [2.24, 2.45) is 0 Å². The number of carbonyl (C=O) groups excluding carboxylic acids is 1. The summed E-state index contributed by atoms with van der Waals surface area (Å²) in [6.07, 6.45) is -1.54. The fourth-order valence-corrected chi connectivity index (χ4v) is 5.56. The number of amides is 1. The van der Waals surface area contributed by atoms with E-state index in [-0.39, 0.29) is 24.0 Å². The zero-order valence-electron chi connectivity index (χ0n) is 21.7. The van der Waals surface area contributed by atoms with Crippen molar-refractivity contribution in [3.63, 3.8) is 0 Å². The molecule has 0 aliphatic carbocycles. The molecular formula is C28H32N4O4S. The molecule has 1 amide bonds. The van der Waals surface area contributed by atoms with Gasteiger partial charge in [0.1, 0.15) is 0 Å². The lowest BCUT2D eigenvalue weighted by Gasteiger charge is -2.24. The van der Waals surface area contributed by atoms with E-state index in [0.29, 0.717) is 4.31 Å². The Morgan fingerprint density at radius 3 is 2.16 bits per heavy atom. The summed E-state index contributed by atoms with van der Waals surface area (Å²) in [5, 5.41) is 16.4. The third-order valence-corrected chi connectivity index (χ3v) is 7.97. The van der Waals surface area contributed by atoms with Crippen molar-refractivity contribution in [3.05, 3.63) is 101 Å². The van der Waals surface area contributed by atoms with Crippen LogP contribution in [0.2, 0.25) is 0 Å². The SMILES string of the molecule is Cc1ccc(S(=O)(=O)N(CCc2ccc(-n3nc(C)c(-c4cccc(C)c4)c3C)cc2)C(=O)[O-])cc1.[NH4+]. The van der Waals surface area contributed by atoms with Gasteiger partial charge in [-0.05, 0) is 69.5 Å². The molecule has 0 atom stereocenters. The Morgan fingerprint density at radius 1 is 0.919 bits per heavy atom. The van der Waals surface area contributed by atoms with Gasteiger partial charge in [-0.2, -0.15) is 5.10 Å². The number of rotatable bonds is 7. The number of sulfonamides is 1. The summed E-state index contributed by atoms with van der Waals surface area (Å²) in [6.45, 7) is 7.66. The monoisotopic (exact) mass is 520 g/mol. The first-order chi connectivity index (χ1) is 17.1. The fraction of sp³-hybridized carbons (Fsp3) is 0.214. The summed E-state index contributed by atoms with van der Waals surface area (Å²) >= 11 is 0.